The summed E-state index contributed by atoms with van der Waals surface area (Å²) in [6.45, 7) is 4.00. The first kappa shape index (κ1) is 20.5. The molecule has 6 nitrogen and oxygen atoms in total. The van der Waals surface area contributed by atoms with Crippen LogP contribution in [0.2, 0.25) is 0 Å². The highest BCUT2D eigenvalue weighted by Gasteiger charge is 2.12. The molecule has 152 valence electrons. The minimum absolute atomic E-state index is 0.0184. The number of ether oxygens (including phenoxy) is 1. The second-order valence-electron chi connectivity index (χ2n) is 6.74. The lowest BCUT2D eigenvalue weighted by Crippen LogP contribution is -2.23. The maximum absolute atomic E-state index is 13.6. The third-order valence-corrected chi connectivity index (χ3v) is 4.61. The van der Waals surface area contributed by atoms with Gasteiger partial charge in [-0.1, -0.05) is 6.07 Å². The Morgan fingerprint density at radius 3 is 2.55 bits per heavy atom. The normalized spacial score (nSPS) is 10.8. The van der Waals surface area contributed by atoms with Crippen LogP contribution in [0.4, 0.5) is 20.4 Å². The highest BCUT2D eigenvalue weighted by molar-refractivity contribution is 5.62. The molecule has 0 aliphatic carbocycles. The number of methoxy groups -OCH3 is 1. The molecule has 8 heteroatoms. The van der Waals surface area contributed by atoms with Crippen molar-refractivity contribution < 1.29 is 13.5 Å². The van der Waals surface area contributed by atoms with Crippen LogP contribution in [0.25, 0.3) is 0 Å². The van der Waals surface area contributed by atoms with E-state index < -0.39 is 17.2 Å². The molecule has 0 radical (unpaired) electrons. The summed E-state index contributed by atoms with van der Waals surface area (Å²) in [7, 11) is 1.60. The maximum atomic E-state index is 13.6. The van der Waals surface area contributed by atoms with E-state index in [1.54, 1.807) is 17.9 Å². The summed E-state index contributed by atoms with van der Waals surface area (Å²) in [6, 6.07) is 7.42. The largest absolute Gasteiger partial charge is 0.496 e. The summed E-state index contributed by atoms with van der Waals surface area (Å²) in [5.74, 6) is -0.841. The number of halogens is 2. The van der Waals surface area contributed by atoms with E-state index in [-0.39, 0.29) is 19.0 Å². The number of nitrogens with zero attached hydrogens (tertiary/aromatic N) is 2. The summed E-state index contributed by atoms with van der Waals surface area (Å²) in [6.07, 6.45) is 1.57. The smallest absolute Gasteiger partial charge is 0.278 e. The van der Waals surface area contributed by atoms with Crippen LogP contribution in [0.5, 0.6) is 5.75 Å². The van der Waals surface area contributed by atoms with E-state index in [0.717, 1.165) is 34.7 Å². The third kappa shape index (κ3) is 4.43. The Morgan fingerprint density at radius 2 is 1.90 bits per heavy atom. The fraction of sp³-hybridized carbons (Fsp3) is 0.238. The van der Waals surface area contributed by atoms with Crippen molar-refractivity contribution in [2.75, 3.05) is 12.4 Å². The molecule has 29 heavy (non-hydrogen) atoms. The average Bonchev–Trinajstić information content (AvgIpc) is 2.69. The van der Waals surface area contributed by atoms with E-state index in [2.05, 4.69) is 10.3 Å². The van der Waals surface area contributed by atoms with Gasteiger partial charge in [0.05, 0.1) is 13.7 Å². The number of hydrogen-bond acceptors (Lipinski definition) is 5. The van der Waals surface area contributed by atoms with Crippen molar-refractivity contribution in [2.24, 2.45) is 5.73 Å². The monoisotopic (exact) mass is 400 g/mol. The van der Waals surface area contributed by atoms with Gasteiger partial charge in [-0.25, -0.2) is 8.78 Å². The number of anilines is 2. The number of aryl methyl sites for hydroxylation is 2. The lowest BCUT2D eigenvalue weighted by atomic mass is 10.1. The van der Waals surface area contributed by atoms with Crippen molar-refractivity contribution >= 4 is 11.6 Å². The third-order valence-electron chi connectivity index (χ3n) is 4.61. The predicted molar refractivity (Wildman–Crippen MR) is 108 cm³/mol. The van der Waals surface area contributed by atoms with Crippen LogP contribution >= 0.6 is 0 Å². The standard InChI is InChI=1S/C21H22F2N4O2/c1-12-7-19(29-3)13(2)6-18(12)25-21-26-20(28)15(9-24)11-27(21)10-14-4-5-16(22)17(23)8-14/h4-8,11H,9-10,24H2,1-3H3,(H,25,26,28). The molecule has 0 aliphatic rings. The molecule has 0 bridgehead atoms. The quantitative estimate of drug-likeness (QED) is 0.663. The Balaban J connectivity index is 2.04. The van der Waals surface area contributed by atoms with Crippen molar-refractivity contribution in [3.05, 3.63) is 80.8 Å². The molecule has 0 atom stereocenters. The second kappa shape index (κ2) is 8.40. The van der Waals surface area contributed by atoms with E-state index >= 15 is 0 Å². The van der Waals surface area contributed by atoms with Crippen molar-refractivity contribution in [2.45, 2.75) is 26.9 Å². The molecule has 1 heterocycles. The van der Waals surface area contributed by atoms with Gasteiger partial charge >= 0.3 is 0 Å². The topological polar surface area (TPSA) is 82.2 Å². The van der Waals surface area contributed by atoms with Crippen LogP contribution in [0.1, 0.15) is 22.3 Å². The Hall–Kier alpha value is -3.26. The highest BCUT2D eigenvalue weighted by atomic mass is 19.2. The van der Waals surface area contributed by atoms with Crippen LogP contribution in [0.15, 0.2) is 41.3 Å². The van der Waals surface area contributed by atoms with Gasteiger partial charge in [0.1, 0.15) is 5.75 Å². The Kier molecular flexibility index (Phi) is 5.93. The Bertz CT molecular complexity index is 1110. The first-order valence-corrected chi connectivity index (χ1v) is 8.99. The molecular weight excluding hydrogens is 378 g/mol. The van der Waals surface area contributed by atoms with Gasteiger partial charge in [-0.15, -0.1) is 0 Å². The molecule has 0 fully saturated rings. The zero-order valence-electron chi connectivity index (χ0n) is 16.4. The zero-order chi connectivity index (χ0) is 21.1. The molecule has 3 N–H and O–H groups in total. The van der Waals surface area contributed by atoms with E-state index in [1.165, 1.54) is 6.07 Å². The van der Waals surface area contributed by atoms with Gasteiger partial charge in [0.15, 0.2) is 11.6 Å². The van der Waals surface area contributed by atoms with Gasteiger partial charge in [0, 0.05) is 24.0 Å². The SMILES string of the molecule is COc1cc(C)c(Nc2nc(=O)c(CN)cn2Cc2ccc(F)c(F)c2)cc1C. The van der Waals surface area contributed by atoms with Crippen LogP contribution < -0.4 is 21.3 Å². The van der Waals surface area contributed by atoms with E-state index in [4.69, 9.17) is 10.5 Å². The predicted octanol–water partition coefficient (Wildman–Crippen LogP) is 3.40. The zero-order valence-corrected chi connectivity index (χ0v) is 16.4. The van der Waals surface area contributed by atoms with E-state index in [9.17, 15) is 13.6 Å². The summed E-state index contributed by atoms with van der Waals surface area (Å²) >= 11 is 0. The van der Waals surface area contributed by atoms with Gasteiger partial charge in [0.2, 0.25) is 5.95 Å². The number of nitrogens with two attached hydrogens (primary N) is 1. The van der Waals surface area contributed by atoms with Gasteiger partial charge in [-0.2, -0.15) is 4.98 Å². The summed E-state index contributed by atoms with van der Waals surface area (Å²) in [4.78, 5) is 16.3. The molecule has 0 saturated carbocycles. The van der Waals surface area contributed by atoms with Crippen molar-refractivity contribution in [3.63, 3.8) is 0 Å². The number of nitrogens with one attached hydrogen (secondary N) is 1. The lowest BCUT2D eigenvalue weighted by molar-refractivity contribution is 0.411. The van der Waals surface area contributed by atoms with Gasteiger partial charge in [0.25, 0.3) is 5.56 Å². The molecule has 1 aromatic heterocycles. The average molecular weight is 400 g/mol. The molecular formula is C21H22F2N4O2. The highest BCUT2D eigenvalue weighted by Crippen LogP contribution is 2.28. The Morgan fingerprint density at radius 1 is 1.14 bits per heavy atom. The first-order chi connectivity index (χ1) is 13.8. The van der Waals surface area contributed by atoms with Crippen LogP contribution in [0.3, 0.4) is 0 Å². The first-order valence-electron chi connectivity index (χ1n) is 8.99. The minimum atomic E-state index is -0.938. The number of aromatic nitrogens is 2. The Labute approximate surface area is 167 Å². The second-order valence-corrected chi connectivity index (χ2v) is 6.74. The van der Waals surface area contributed by atoms with Crippen molar-refractivity contribution in [1.82, 2.24) is 9.55 Å². The number of hydrogen-bond donors (Lipinski definition) is 2. The van der Waals surface area contributed by atoms with Crippen molar-refractivity contribution in [1.29, 1.82) is 0 Å². The molecule has 2 aromatic carbocycles. The van der Waals surface area contributed by atoms with E-state index in [0.29, 0.717) is 11.1 Å². The summed E-state index contributed by atoms with van der Waals surface area (Å²) in [5, 5.41) is 3.16. The molecule has 0 aliphatic heterocycles. The maximum Gasteiger partial charge on any atom is 0.278 e. The van der Waals surface area contributed by atoms with Crippen LogP contribution in [-0.2, 0) is 13.1 Å². The minimum Gasteiger partial charge on any atom is -0.496 e. The molecule has 0 saturated heterocycles. The lowest BCUT2D eigenvalue weighted by Gasteiger charge is -2.18. The van der Waals surface area contributed by atoms with Crippen LogP contribution in [0, 0.1) is 25.5 Å². The molecule has 3 aromatic rings. The fourth-order valence-electron chi connectivity index (χ4n) is 3.00. The number of rotatable bonds is 6. The summed E-state index contributed by atoms with van der Waals surface area (Å²) in [5.41, 5.74) is 8.58. The van der Waals surface area contributed by atoms with Crippen LogP contribution in [-0.4, -0.2) is 16.7 Å². The van der Waals surface area contributed by atoms with Gasteiger partial charge in [-0.3, -0.25) is 4.79 Å². The molecule has 0 spiro atoms. The molecule has 0 amide bonds. The number of benzene rings is 2. The summed E-state index contributed by atoms with van der Waals surface area (Å²) < 4.78 is 33.8. The fourth-order valence-corrected chi connectivity index (χ4v) is 3.00. The molecule has 0 unspecified atom stereocenters. The van der Waals surface area contributed by atoms with Gasteiger partial charge in [-0.05, 0) is 54.8 Å². The van der Waals surface area contributed by atoms with Crippen molar-refractivity contribution in [3.8, 4) is 5.75 Å². The van der Waals surface area contributed by atoms with E-state index in [1.807, 2.05) is 26.0 Å². The van der Waals surface area contributed by atoms with Gasteiger partial charge < -0.3 is 20.4 Å². The molecule has 3 rings (SSSR count).